The van der Waals surface area contributed by atoms with E-state index in [-0.39, 0.29) is 11.7 Å². The molecule has 100 valence electrons. The maximum atomic E-state index is 13.3. The Bertz CT molecular complexity index is 528. The molecule has 0 bridgehead atoms. The van der Waals surface area contributed by atoms with Crippen LogP contribution < -0.4 is 5.32 Å². The first kappa shape index (κ1) is 14.1. The number of hydrogen-bond acceptors (Lipinski definition) is 3. The van der Waals surface area contributed by atoms with Crippen molar-refractivity contribution in [1.82, 2.24) is 5.32 Å². The normalized spacial score (nSPS) is 10.4. The number of amides is 1. The van der Waals surface area contributed by atoms with E-state index in [1.807, 2.05) is 17.5 Å². The van der Waals surface area contributed by atoms with E-state index in [0.717, 1.165) is 10.6 Å². The first-order chi connectivity index (χ1) is 9.27. The van der Waals surface area contributed by atoms with Crippen molar-refractivity contribution in [3.63, 3.8) is 0 Å². The van der Waals surface area contributed by atoms with Gasteiger partial charge >= 0.3 is 0 Å². The highest BCUT2D eigenvalue weighted by molar-refractivity contribution is 7.98. The SMILES string of the molecule is O=C(NCCSCc1ccccc1F)c1cccs1. The largest absolute Gasteiger partial charge is 0.351 e. The van der Waals surface area contributed by atoms with Crippen molar-refractivity contribution < 1.29 is 9.18 Å². The van der Waals surface area contributed by atoms with Gasteiger partial charge in [0.05, 0.1) is 4.88 Å². The van der Waals surface area contributed by atoms with Gasteiger partial charge in [0.15, 0.2) is 0 Å². The van der Waals surface area contributed by atoms with Crippen molar-refractivity contribution in [3.8, 4) is 0 Å². The number of halogens is 1. The second-order valence-electron chi connectivity index (χ2n) is 3.88. The highest BCUT2D eigenvalue weighted by atomic mass is 32.2. The number of thiophene rings is 1. The Hall–Kier alpha value is -1.33. The molecule has 0 saturated heterocycles. The monoisotopic (exact) mass is 295 g/mol. The summed E-state index contributed by atoms with van der Waals surface area (Å²) in [6, 6.07) is 10.4. The smallest absolute Gasteiger partial charge is 0.261 e. The van der Waals surface area contributed by atoms with Crippen LogP contribution in [0.25, 0.3) is 0 Å². The van der Waals surface area contributed by atoms with Crippen LogP contribution in [-0.2, 0) is 5.75 Å². The molecule has 0 aliphatic rings. The molecule has 1 N–H and O–H groups in total. The summed E-state index contributed by atoms with van der Waals surface area (Å²) in [6.45, 7) is 0.593. The van der Waals surface area contributed by atoms with Crippen LogP contribution in [0.5, 0.6) is 0 Å². The van der Waals surface area contributed by atoms with Crippen molar-refractivity contribution >= 4 is 29.0 Å². The van der Waals surface area contributed by atoms with Gasteiger partial charge in [-0.2, -0.15) is 11.8 Å². The topological polar surface area (TPSA) is 29.1 Å². The number of thioether (sulfide) groups is 1. The van der Waals surface area contributed by atoms with Gasteiger partial charge in [-0.1, -0.05) is 24.3 Å². The van der Waals surface area contributed by atoms with Gasteiger partial charge in [0.2, 0.25) is 0 Å². The minimum atomic E-state index is -0.169. The van der Waals surface area contributed by atoms with E-state index in [4.69, 9.17) is 0 Å². The molecule has 1 heterocycles. The van der Waals surface area contributed by atoms with Gasteiger partial charge in [0, 0.05) is 18.1 Å². The minimum Gasteiger partial charge on any atom is -0.351 e. The van der Waals surface area contributed by atoms with E-state index >= 15 is 0 Å². The van der Waals surface area contributed by atoms with Gasteiger partial charge in [-0.25, -0.2) is 4.39 Å². The maximum Gasteiger partial charge on any atom is 0.261 e. The van der Waals surface area contributed by atoms with Crippen LogP contribution in [-0.4, -0.2) is 18.2 Å². The molecule has 0 fully saturated rings. The Kier molecular flexibility index (Phi) is 5.42. The van der Waals surface area contributed by atoms with Crippen LogP contribution in [0.4, 0.5) is 4.39 Å². The van der Waals surface area contributed by atoms with Crippen LogP contribution in [0.2, 0.25) is 0 Å². The molecule has 0 aliphatic heterocycles. The van der Waals surface area contributed by atoms with Crippen molar-refractivity contribution in [3.05, 3.63) is 58.0 Å². The number of nitrogens with one attached hydrogen (secondary N) is 1. The van der Waals surface area contributed by atoms with Gasteiger partial charge in [0.1, 0.15) is 5.82 Å². The Morgan fingerprint density at radius 2 is 2.11 bits per heavy atom. The summed E-state index contributed by atoms with van der Waals surface area (Å²) in [5, 5.41) is 4.72. The predicted octanol–water partition coefficient (Wildman–Crippen LogP) is 3.55. The molecule has 0 saturated carbocycles. The molecule has 1 amide bonds. The van der Waals surface area contributed by atoms with Crippen LogP contribution in [0.3, 0.4) is 0 Å². The third-order valence-electron chi connectivity index (χ3n) is 2.49. The quantitative estimate of drug-likeness (QED) is 0.826. The van der Waals surface area contributed by atoms with Gasteiger partial charge in [-0.05, 0) is 23.1 Å². The molecule has 1 aromatic carbocycles. The highest BCUT2D eigenvalue weighted by Gasteiger charge is 2.05. The van der Waals surface area contributed by atoms with Crippen molar-refractivity contribution in [1.29, 1.82) is 0 Å². The Morgan fingerprint density at radius 1 is 1.26 bits per heavy atom. The van der Waals surface area contributed by atoms with Crippen molar-refractivity contribution in [2.45, 2.75) is 5.75 Å². The summed E-state index contributed by atoms with van der Waals surface area (Å²) in [6.07, 6.45) is 0. The number of rotatable bonds is 6. The van der Waals surface area contributed by atoms with Crippen LogP contribution >= 0.6 is 23.1 Å². The molecule has 2 aromatic rings. The summed E-state index contributed by atoms with van der Waals surface area (Å²) in [5.41, 5.74) is 0.706. The van der Waals surface area contributed by atoms with Crippen LogP contribution in [0.1, 0.15) is 15.2 Å². The maximum absolute atomic E-state index is 13.3. The zero-order valence-electron chi connectivity index (χ0n) is 10.3. The lowest BCUT2D eigenvalue weighted by molar-refractivity contribution is 0.0960. The fourth-order valence-corrected chi connectivity index (χ4v) is 3.01. The van der Waals surface area contributed by atoms with Crippen molar-refractivity contribution in [2.24, 2.45) is 0 Å². The molecule has 0 spiro atoms. The van der Waals surface area contributed by atoms with E-state index in [1.54, 1.807) is 30.0 Å². The fourth-order valence-electron chi connectivity index (χ4n) is 1.53. The fraction of sp³-hybridized carbons (Fsp3) is 0.214. The van der Waals surface area contributed by atoms with Crippen LogP contribution in [0, 0.1) is 5.82 Å². The molecule has 5 heteroatoms. The standard InChI is InChI=1S/C14H14FNOS2/c15-12-5-2-1-4-11(12)10-18-9-7-16-14(17)13-6-3-8-19-13/h1-6,8H,7,9-10H2,(H,16,17). The lowest BCUT2D eigenvalue weighted by Gasteiger charge is -2.04. The van der Waals surface area contributed by atoms with Crippen molar-refractivity contribution in [2.75, 3.05) is 12.3 Å². The molecule has 19 heavy (non-hydrogen) atoms. The summed E-state index contributed by atoms with van der Waals surface area (Å²) in [5.74, 6) is 1.19. The third kappa shape index (κ3) is 4.36. The summed E-state index contributed by atoms with van der Waals surface area (Å²) in [7, 11) is 0. The zero-order chi connectivity index (χ0) is 13.5. The first-order valence-corrected chi connectivity index (χ1v) is 7.93. The molecular formula is C14H14FNOS2. The second-order valence-corrected chi connectivity index (χ2v) is 5.93. The molecule has 0 atom stereocenters. The minimum absolute atomic E-state index is 0.0403. The molecule has 0 aliphatic carbocycles. The molecule has 0 unspecified atom stereocenters. The summed E-state index contributed by atoms with van der Waals surface area (Å²) >= 11 is 3.03. The number of carbonyl (C=O) groups excluding carboxylic acids is 1. The Labute approximate surface area is 120 Å². The summed E-state index contributed by atoms with van der Waals surface area (Å²) in [4.78, 5) is 12.3. The average molecular weight is 295 g/mol. The third-order valence-corrected chi connectivity index (χ3v) is 4.37. The molecule has 2 rings (SSSR count). The lowest BCUT2D eigenvalue weighted by Crippen LogP contribution is -2.24. The van der Waals surface area contributed by atoms with E-state index < -0.39 is 0 Å². The zero-order valence-corrected chi connectivity index (χ0v) is 11.9. The molecule has 0 radical (unpaired) electrons. The number of benzene rings is 1. The number of hydrogen-bond donors (Lipinski definition) is 1. The van der Waals surface area contributed by atoms with Gasteiger partial charge in [-0.15, -0.1) is 11.3 Å². The molecule has 2 nitrogen and oxygen atoms in total. The molecular weight excluding hydrogens is 281 g/mol. The number of carbonyl (C=O) groups is 1. The van der Waals surface area contributed by atoms with Gasteiger partial charge in [0.25, 0.3) is 5.91 Å². The molecule has 1 aromatic heterocycles. The Morgan fingerprint density at radius 3 is 2.84 bits per heavy atom. The van der Waals surface area contributed by atoms with Gasteiger partial charge in [-0.3, -0.25) is 4.79 Å². The van der Waals surface area contributed by atoms with E-state index in [9.17, 15) is 9.18 Å². The Balaban J connectivity index is 1.65. The lowest BCUT2D eigenvalue weighted by atomic mass is 10.2. The predicted molar refractivity (Wildman–Crippen MR) is 79.2 cm³/mol. The van der Waals surface area contributed by atoms with Crippen LogP contribution in [0.15, 0.2) is 41.8 Å². The van der Waals surface area contributed by atoms with E-state index in [1.165, 1.54) is 17.4 Å². The highest BCUT2D eigenvalue weighted by Crippen LogP contribution is 2.14. The summed E-state index contributed by atoms with van der Waals surface area (Å²) < 4.78 is 13.3. The second kappa shape index (κ2) is 7.31. The van der Waals surface area contributed by atoms with E-state index in [2.05, 4.69) is 5.32 Å². The van der Waals surface area contributed by atoms with E-state index in [0.29, 0.717) is 17.9 Å². The first-order valence-electron chi connectivity index (χ1n) is 5.90. The average Bonchev–Trinajstić information content (AvgIpc) is 2.94. The van der Waals surface area contributed by atoms with Gasteiger partial charge < -0.3 is 5.32 Å².